The Kier molecular flexibility index (Phi) is 5.37. The van der Waals surface area contributed by atoms with Crippen molar-refractivity contribution in [3.05, 3.63) is 113 Å². The Labute approximate surface area is 189 Å². The van der Waals surface area contributed by atoms with Crippen LogP contribution in [0.2, 0.25) is 5.02 Å². The molecule has 31 heavy (non-hydrogen) atoms. The number of halogens is 1. The summed E-state index contributed by atoms with van der Waals surface area (Å²) in [7, 11) is 0. The van der Waals surface area contributed by atoms with Gasteiger partial charge < -0.3 is 9.73 Å². The van der Waals surface area contributed by atoms with Gasteiger partial charge in [-0.2, -0.15) is 0 Å². The molecule has 0 saturated carbocycles. The van der Waals surface area contributed by atoms with Gasteiger partial charge in [0.15, 0.2) is 0 Å². The van der Waals surface area contributed by atoms with Gasteiger partial charge >= 0.3 is 0 Å². The van der Waals surface area contributed by atoms with Crippen molar-refractivity contribution in [3.8, 4) is 0 Å². The largest absolute Gasteiger partial charge is 0.467 e. The Hall–Kier alpha value is -3.28. The van der Waals surface area contributed by atoms with Crippen LogP contribution in [0.5, 0.6) is 0 Å². The molecule has 0 saturated heterocycles. The van der Waals surface area contributed by atoms with E-state index >= 15 is 0 Å². The molecule has 0 radical (unpaired) electrons. The number of nitrogens with zero attached hydrogens (tertiary/aromatic N) is 1. The number of aliphatic imine (C=N–C) groups is 1. The Morgan fingerprint density at radius 1 is 0.968 bits per heavy atom. The van der Waals surface area contributed by atoms with E-state index in [4.69, 9.17) is 21.0 Å². The summed E-state index contributed by atoms with van der Waals surface area (Å²) in [5, 5.41) is 3.54. The number of amides is 1. The summed E-state index contributed by atoms with van der Waals surface area (Å²) in [6.07, 6.45) is 1.59. The Balaban J connectivity index is 1.54. The van der Waals surface area contributed by atoms with Crippen molar-refractivity contribution in [2.24, 2.45) is 4.99 Å². The first-order valence-electron chi connectivity index (χ1n) is 9.74. The second-order valence-corrected chi connectivity index (χ2v) is 8.53. The van der Waals surface area contributed by atoms with Crippen molar-refractivity contribution >= 4 is 40.7 Å². The number of fused-ring (bicyclic) bond motifs is 2. The highest BCUT2D eigenvalue weighted by molar-refractivity contribution is 7.99. The zero-order valence-electron chi connectivity index (χ0n) is 16.3. The van der Waals surface area contributed by atoms with Crippen LogP contribution in [-0.4, -0.2) is 11.6 Å². The van der Waals surface area contributed by atoms with Gasteiger partial charge in [-0.1, -0.05) is 53.7 Å². The molecule has 0 atom stereocenters. The molecule has 1 amide bonds. The molecule has 0 aliphatic carbocycles. The van der Waals surface area contributed by atoms with Crippen molar-refractivity contribution in [2.75, 3.05) is 0 Å². The smallest absolute Gasteiger partial charge is 0.251 e. The van der Waals surface area contributed by atoms with Crippen LogP contribution >= 0.6 is 23.4 Å². The van der Waals surface area contributed by atoms with Crippen LogP contribution in [0, 0.1) is 0 Å². The third kappa shape index (κ3) is 4.15. The summed E-state index contributed by atoms with van der Waals surface area (Å²) >= 11 is 7.90. The minimum Gasteiger partial charge on any atom is -0.467 e. The zero-order valence-corrected chi connectivity index (χ0v) is 17.9. The second kappa shape index (κ2) is 8.46. The number of hydrogen-bond donors (Lipinski definition) is 1. The van der Waals surface area contributed by atoms with Crippen molar-refractivity contribution in [2.45, 2.75) is 16.3 Å². The lowest BCUT2D eigenvalue weighted by molar-refractivity contribution is 0.0948. The summed E-state index contributed by atoms with van der Waals surface area (Å²) in [5.41, 5.74) is 4.10. The lowest BCUT2D eigenvalue weighted by Gasteiger charge is -2.09. The molecule has 6 heteroatoms. The molecule has 0 unspecified atom stereocenters. The van der Waals surface area contributed by atoms with E-state index in [-0.39, 0.29) is 5.91 Å². The summed E-state index contributed by atoms with van der Waals surface area (Å²) in [5.74, 6) is 0.529. The first-order valence-corrected chi connectivity index (χ1v) is 10.9. The summed E-state index contributed by atoms with van der Waals surface area (Å²) < 4.78 is 5.28. The van der Waals surface area contributed by atoms with Gasteiger partial charge in [0.25, 0.3) is 5.91 Å². The van der Waals surface area contributed by atoms with Gasteiger partial charge in [0.1, 0.15) is 5.76 Å². The van der Waals surface area contributed by atoms with Gasteiger partial charge in [0, 0.05) is 31.5 Å². The highest BCUT2D eigenvalue weighted by atomic mass is 35.5. The highest BCUT2D eigenvalue weighted by Crippen LogP contribution is 2.41. The molecule has 152 valence electrons. The Bertz CT molecular complexity index is 1300. The third-order valence-electron chi connectivity index (χ3n) is 4.92. The van der Waals surface area contributed by atoms with Gasteiger partial charge in [-0.05, 0) is 48.5 Å². The van der Waals surface area contributed by atoms with Gasteiger partial charge in [-0.15, -0.1) is 0 Å². The highest BCUT2D eigenvalue weighted by Gasteiger charge is 2.20. The first kappa shape index (κ1) is 19.7. The maximum Gasteiger partial charge on any atom is 0.251 e. The number of benzene rings is 3. The lowest BCUT2D eigenvalue weighted by Crippen LogP contribution is -2.22. The maximum absolute atomic E-state index is 12.7. The van der Waals surface area contributed by atoms with E-state index in [1.165, 1.54) is 0 Å². The molecule has 5 rings (SSSR count). The predicted octanol–water partition coefficient (Wildman–Crippen LogP) is 6.50. The molecule has 1 aliphatic heterocycles. The average molecular weight is 445 g/mol. The number of rotatable bonds is 4. The summed E-state index contributed by atoms with van der Waals surface area (Å²) in [4.78, 5) is 19.8. The first-order chi connectivity index (χ1) is 15.2. The van der Waals surface area contributed by atoms with E-state index in [2.05, 4.69) is 17.4 Å². The van der Waals surface area contributed by atoms with E-state index in [0.717, 1.165) is 32.3 Å². The Morgan fingerprint density at radius 3 is 2.71 bits per heavy atom. The number of furan rings is 1. The molecule has 1 N–H and O–H groups in total. The molecule has 1 aliphatic rings. The van der Waals surface area contributed by atoms with Crippen molar-refractivity contribution in [1.82, 2.24) is 5.32 Å². The number of hydrogen-bond acceptors (Lipinski definition) is 4. The van der Waals surface area contributed by atoms with Gasteiger partial charge in [0.05, 0.1) is 24.2 Å². The standard InChI is InChI=1S/C25H17ClN2O2S/c26-18-6-3-5-16(13-18)24-20-8-1-2-9-22(20)31-23-11-10-17(14-21(23)28-24)25(29)27-15-19-7-4-12-30-19/h1-14H,15H2,(H,27,29). The fourth-order valence-electron chi connectivity index (χ4n) is 3.42. The van der Waals surface area contributed by atoms with Gasteiger partial charge in [-0.3, -0.25) is 4.79 Å². The van der Waals surface area contributed by atoms with Crippen LogP contribution in [-0.2, 0) is 6.54 Å². The molecule has 4 aromatic rings. The fraction of sp³-hybridized carbons (Fsp3) is 0.0400. The quantitative estimate of drug-likeness (QED) is 0.344. The minimum atomic E-state index is -0.175. The molecule has 0 fully saturated rings. The zero-order chi connectivity index (χ0) is 21.2. The minimum absolute atomic E-state index is 0.175. The number of nitrogens with one attached hydrogen (secondary N) is 1. The molecular formula is C25H17ClN2O2S. The Morgan fingerprint density at radius 2 is 1.87 bits per heavy atom. The summed E-state index contributed by atoms with van der Waals surface area (Å²) in [6.45, 7) is 0.333. The maximum atomic E-state index is 12.7. The van der Waals surface area contributed by atoms with Crippen LogP contribution < -0.4 is 5.32 Å². The van der Waals surface area contributed by atoms with Gasteiger partial charge in [0.2, 0.25) is 0 Å². The van der Waals surface area contributed by atoms with Crippen molar-refractivity contribution in [1.29, 1.82) is 0 Å². The van der Waals surface area contributed by atoms with Crippen LogP contribution in [0.3, 0.4) is 0 Å². The van der Waals surface area contributed by atoms with E-state index in [9.17, 15) is 4.79 Å². The monoisotopic (exact) mass is 444 g/mol. The third-order valence-corrected chi connectivity index (χ3v) is 6.29. The average Bonchev–Trinajstić information content (AvgIpc) is 3.25. The molecule has 4 nitrogen and oxygen atoms in total. The summed E-state index contributed by atoms with van der Waals surface area (Å²) in [6, 6.07) is 25.1. The topological polar surface area (TPSA) is 54.6 Å². The van der Waals surface area contributed by atoms with Crippen LogP contribution in [0.4, 0.5) is 5.69 Å². The molecule has 0 bridgehead atoms. The van der Waals surface area contributed by atoms with E-state index < -0.39 is 0 Å². The molecule has 3 aromatic carbocycles. The van der Waals surface area contributed by atoms with E-state index in [0.29, 0.717) is 22.9 Å². The molecular weight excluding hydrogens is 428 g/mol. The van der Waals surface area contributed by atoms with Gasteiger partial charge in [-0.25, -0.2) is 4.99 Å². The molecule has 1 aromatic heterocycles. The van der Waals surface area contributed by atoms with Crippen LogP contribution in [0.1, 0.15) is 27.2 Å². The predicted molar refractivity (Wildman–Crippen MR) is 124 cm³/mol. The van der Waals surface area contributed by atoms with Crippen LogP contribution in [0.25, 0.3) is 0 Å². The number of carbonyl (C=O) groups excluding carboxylic acids is 1. The van der Waals surface area contributed by atoms with Crippen molar-refractivity contribution < 1.29 is 9.21 Å². The van der Waals surface area contributed by atoms with E-state index in [1.54, 1.807) is 24.1 Å². The lowest BCUT2D eigenvalue weighted by atomic mass is 10.0. The SMILES string of the molecule is O=C(NCc1ccco1)c1ccc2c(c1)N=C(c1cccc(Cl)c1)c1ccccc1S2. The molecule has 0 spiro atoms. The van der Waals surface area contributed by atoms with E-state index in [1.807, 2.05) is 60.7 Å². The normalized spacial score (nSPS) is 12.4. The number of carbonyl (C=O) groups is 1. The second-order valence-electron chi connectivity index (χ2n) is 7.01. The fourth-order valence-corrected chi connectivity index (χ4v) is 4.61. The molecule has 2 heterocycles. The van der Waals surface area contributed by atoms with Crippen molar-refractivity contribution in [3.63, 3.8) is 0 Å². The van der Waals surface area contributed by atoms with Crippen LogP contribution in [0.15, 0.2) is 104 Å².